The van der Waals surface area contributed by atoms with Crippen LogP contribution in [0.25, 0.3) is 0 Å². The lowest BCUT2D eigenvalue weighted by atomic mass is 10.2. The molecule has 0 spiro atoms. The maximum absolute atomic E-state index is 11.4. The normalized spacial score (nSPS) is 9.82. The average Bonchev–Trinajstić information content (AvgIpc) is 2.31. The third-order valence-corrected chi connectivity index (χ3v) is 2.40. The summed E-state index contributed by atoms with van der Waals surface area (Å²) in [5, 5.41) is 8.23. The van der Waals surface area contributed by atoms with Crippen LogP contribution in [0.3, 0.4) is 0 Å². The zero-order valence-corrected chi connectivity index (χ0v) is 10.4. The van der Waals surface area contributed by atoms with Gasteiger partial charge in [0.2, 0.25) is 5.91 Å². The predicted molar refractivity (Wildman–Crippen MR) is 67.4 cm³/mol. The van der Waals surface area contributed by atoms with Crippen LogP contribution in [0.2, 0.25) is 5.02 Å². The van der Waals surface area contributed by atoms with E-state index < -0.39 is 0 Å². The van der Waals surface area contributed by atoms with Crippen LogP contribution in [0.5, 0.6) is 0 Å². The van der Waals surface area contributed by atoms with E-state index in [2.05, 4.69) is 16.0 Å². The van der Waals surface area contributed by atoms with Crippen molar-refractivity contribution >= 4 is 29.1 Å². The van der Waals surface area contributed by atoms with Crippen molar-refractivity contribution in [3.05, 3.63) is 28.8 Å². The fourth-order valence-corrected chi connectivity index (χ4v) is 1.43. The molecule has 0 fully saturated rings. The minimum atomic E-state index is -0.231. The van der Waals surface area contributed by atoms with Gasteiger partial charge in [0.1, 0.15) is 0 Å². The third kappa shape index (κ3) is 3.72. The van der Waals surface area contributed by atoms with Gasteiger partial charge >= 0.3 is 0 Å². The summed E-state index contributed by atoms with van der Waals surface area (Å²) in [5.74, 6) is -0.450. The van der Waals surface area contributed by atoms with Crippen LogP contribution in [-0.2, 0) is 4.79 Å². The molecule has 2 amide bonds. The molecule has 17 heavy (non-hydrogen) atoms. The van der Waals surface area contributed by atoms with Crippen molar-refractivity contribution in [2.24, 2.45) is 0 Å². The van der Waals surface area contributed by atoms with Crippen LogP contribution >= 0.6 is 11.6 Å². The van der Waals surface area contributed by atoms with E-state index >= 15 is 0 Å². The van der Waals surface area contributed by atoms with Gasteiger partial charge in [-0.1, -0.05) is 11.6 Å². The average molecular weight is 256 g/mol. The van der Waals surface area contributed by atoms with Gasteiger partial charge in [0.15, 0.2) is 0 Å². The number of rotatable bonds is 4. The van der Waals surface area contributed by atoms with Crippen molar-refractivity contribution in [3.8, 4) is 0 Å². The number of likely N-dealkylation sites (N-methyl/N-ethyl adjacent to an activating group) is 1. The quantitative estimate of drug-likeness (QED) is 0.747. The van der Waals surface area contributed by atoms with Crippen molar-refractivity contribution < 1.29 is 9.59 Å². The van der Waals surface area contributed by atoms with Gasteiger partial charge in [-0.05, 0) is 25.2 Å². The lowest BCUT2D eigenvalue weighted by molar-refractivity contribution is -0.115. The van der Waals surface area contributed by atoms with Crippen molar-refractivity contribution in [2.75, 3.05) is 26.0 Å². The molecule has 3 N–H and O–H groups in total. The molecule has 6 heteroatoms. The Balaban J connectivity index is 2.90. The van der Waals surface area contributed by atoms with Crippen LogP contribution in [0.1, 0.15) is 10.4 Å². The maximum atomic E-state index is 11.4. The van der Waals surface area contributed by atoms with E-state index in [9.17, 15) is 9.59 Å². The molecular weight excluding hydrogens is 242 g/mol. The first-order valence-electron chi connectivity index (χ1n) is 5.04. The zero-order valence-electron chi connectivity index (χ0n) is 9.63. The highest BCUT2D eigenvalue weighted by Crippen LogP contribution is 2.22. The highest BCUT2D eigenvalue weighted by Gasteiger charge is 2.09. The molecule has 0 saturated carbocycles. The minimum absolute atomic E-state index is 0.181. The maximum Gasteiger partial charge on any atom is 0.251 e. The number of hydrogen-bond acceptors (Lipinski definition) is 3. The molecule has 0 atom stereocenters. The van der Waals surface area contributed by atoms with Crippen LogP contribution in [0.15, 0.2) is 18.2 Å². The number of hydrogen-bond donors (Lipinski definition) is 3. The van der Waals surface area contributed by atoms with E-state index in [0.29, 0.717) is 16.3 Å². The third-order valence-electron chi connectivity index (χ3n) is 2.07. The first-order valence-corrected chi connectivity index (χ1v) is 5.42. The molecule has 5 nitrogen and oxygen atoms in total. The molecule has 0 bridgehead atoms. The van der Waals surface area contributed by atoms with E-state index in [0.717, 1.165) is 0 Å². The molecule has 0 aliphatic carbocycles. The number of carbonyl (C=O) groups is 2. The van der Waals surface area contributed by atoms with Crippen LogP contribution in [0, 0.1) is 0 Å². The molecule has 1 rings (SSSR count). The molecule has 0 saturated heterocycles. The van der Waals surface area contributed by atoms with Gasteiger partial charge in [-0.25, -0.2) is 0 Å². The number of amides is 2. The molecule has 0 heterocycles. The Labute approximate surface area is 105 Å². The fourth-order valence-electron chi connectivity index (χ4n) is 1.26. The lowest BCUT2D eigenvalue weighted by Gasteiger charge is -2.08. The summed E-state index contributed by atoms with van der Waals surface area (Å²) in [6.45, 7) is 0.181. The van der Waals surface area contributed by atoms with E-state index in [1.165, 1.54) is 13.1 Å². The van der Waals surface area contributed by atoms with Crippen molar-refractivity contribution in [3.63, 3.8) is 0 Å². The topological polar surface area (TPSA) is 70.2 Å². The second-order valence-corrected chi connectivity index (χ2v) is 3.76. The molecule has 1 aromatic rings. The number of nitrogens with one attached hydrogen (secondary N) is 3. The highest BCUT2D eigenvalue weighted by molar-refractivity contribution is 6.33. The van der Waals surface area contributed by atoms with Gasteiger partial charge < -0.3 is 16.0 Å². The Morgan fingerprint density at radius 1 is 1.29 bits per heavy atom. The molecule has 0 aromatic heterocycles. The summed E-state index contributed by atoms with van der Waals surface area (Å²) in [7, 11) is 3.21. The first kappa shape index (κ1) is 13.5. The zero-order chi connectivity index (χ0) is 12.8. The van der Waals surface area contributed by atoms with Gasteiger partial charge in [0, 0.05) is 12.6 Å². The second kappa shape index (κ2) is 6.22. The van der Waals surface area contributed by atoms with Gasteiger partial charge in [-0.3, -0.25) is 9.59 Å². The predicted octanol–water partition coefficient (Wildman–Crippen LogP) is 0.858. The smallest absolute Gasteiger partial charge is 0.251 e. The molecule has 0 aliphatic rings. The first-order chi connectivity index (χ1) is 8.08. The molecule has 0 unspecified atom stereocenters. The van der Waals surface area contributed by atoms with Crippen molar-refractivity contribution in [1.82, 2.24) is 10.6 Å². The highest BCUT2D eigenvalue weighted by atomic mass is 35.5. The minimum Gasteiger partial charge on any atom is -0.355 e. The van der Waals surface area contributed by atoms with Crippen LogP contribution < -0.4 is 16.0 Å². The monoisotopic (exact) mass is 255 g/mol. The van der Waals surface area contributed by atoms with Crippen molar-refractivity contribution in [1.29, 1.82) is 0 Å². The Morgan fingerprint density at radius 3 is 2.59 bits per heavy atom. The second-order valence-electron chi connectivity index (χ2n) is 3.35. The molecule has 0 radical (unpaired) electrons. The molecule has 0 aliphatic heterocycles. The number of halogens is 1. The Hall–Kier alpha value is -1.59. The molecule has 92 valence electrons. The fraction of sp³-hybridized carbons (Fsp3) is 0.273. The van der Waals surface area contributed by atoms with E-state index in [1.54, 1.807) is 19.2 Å². The SMILES string of the molecule is CNCC(=O)Nc1cc(C(=O)NC)ccc1Cl. The summed E-state index contributed by atoms with van der Waals surface area (Å²) < 4.78 is 0. The summed E-state index contributed by atoms with van der Waals surface area (Å²) in [5.41, 5.74) is 0.865. The summed E-state index contributed by atoms with van der Waals surface area (Å²) >= 11 is 5.92. The van der Waals surface area contributed by atoms with E-state index in [4.69, 9.17) is 11.6 Å². The number of carbonyl (C=O) groups excluding carboxylic acids is 2. The Kier molecular flexibility index (Phi) is 4.93. The Bertz CT molecular complexity index is 435. The largest absolute Gasteiger partial charge is 0.355 e. The number of anilines is 1. The Morgan fingerprint density at radius 2 is 2.00 bits per heavy atom. The molecular formula is C11H14ClN3O2. The van der Waals surface area contributed by atoms with E-state index in [-0.39, 0.29) is 18.4 Å². The summed E-state index contributed by atoms with van der Waals surface area (Å²) in [4.78, 5) is 22.8. The van der Waals surface area contributed by atoms with E-state index in [1.807, 2.05) is 0 Å². The number of benzene rings is 1. The summed E-state index contributed by atoms with van der Waals surface area (Å²) in [6.07, 6.45) is 0. The van der Waals surface area contributed by atoms with Gasteiger partial charge in [-0.2, -0.15) is 0 Å². The van der Waals surface area contributed by atoms with Gasteiger partial charge in [0.05, 0.1) is 17.3 Å². The lowest BCUT2D eigenvalue weighted by Crippen LogP contribution is -2.25. The summed E-state index contributed by atoms with van der Waals surface area (Å²) in [6, 6.07) is 4.70. The molecule has 1 aromatic carbocycles. The van der Waals surface area contributed by atoms with Crippen LogP contribution in [0.4, 0.5) is 5.69 Å². The van der Waals surface area contributed by atoms with Gasteiger partial charge in [-0.15, -0.1) is 0 Å². The standard InChI is InChI=1S/C11H14ClN3O2/c1-13-6-10(16)15-9-5-7(11(17)14-2)3-4-8(9)12/h3-5,13H,6H2,1-2H3,(H,14,17)(H,15,16). The van der Waals surface area contributed by atoms with Gasteiger partial charge in [0.25, 0.3) is 5.91 Å². The van der Waals surface area contributed by atoms with Crippen LogP contribution in [-0.4, -0.2) is 32.5 Å². The van der Waals surface area contributed by atoms with Crippen molar-refractivity contribution in [2.45, 2.75) is 0 Å².